The van der Waals surface area contributed by atoms with Gasteiger partial charge in [0.25, 0.3) is 0 Å². The first-order chi connectivity index (χ1) is 28.8. The van der Waals surface area contributed by atoms with E-state index in [2.05, 4.69) is 0 Å². The van der Waals surface area contributed by atoms with Gasteiger partial charge in [-0.05, 0) is 114 Å². The third kappa shape index (κ3) is 10.8. The summed E-state index contributed by atoms with van der Waals surface area (Å²) in [5.41, 5.74) is 6.10. The van der Waals surface area contributed by atoms with Gasteiger partial charge in [-0.15, -0.1) is 9.03 Å². The Morgan fingerprint density at radius 2 is 0.400 bits per heavy atom. The average Bonchev–Trinajstić information content (AvgIpc) is 3.22. The first-order valence-electron chi connectivity index (χ1n) is 19.0. The van der Waals surface area contributed by atoms with Crippen LogP contribution in [0.2, 0.25) is 0 Å². The Balaban J connectivity index is 1.65. The van der Waals surface area contributed by atoms with E-state index in [4.69, 9.17) is 54.3 Å². The van der Waals surface area contributed by atoms with Crippen LogP contribution < -0.4 is 27.1 Å². The molecule has 1 aliphatic rings. The van der Waals surface area contributed by atoms with Gasteiger partial charge in [0.1, 0.15) is 34.5 Å². The molecular weight excluding hydrogens is 836 g/mol. The molecule has 0 spiro atoms. The summed E-state index contributed by atoms with van der Waals surface area (Å²) in [6, 6.07) is 44.8. The van der Waals surface area contributed by atoms with Gasteiger partial charge in [0.2, 0.25) is 0 Å². The predicted octanol–water partition coefficient (Wildman–Crippen LogP) is 15.4. The summed E-state index contributed by atoms with van der Waals surface area (Å²) >= 11 is 0. The topological polar surface area (TPSA) is 123 Å². The summed E-state index contributed by atoms with van der Waals surface area (Å²) in [4.78, 5) is 0. The van der Waals surface area contributed by atoms with Crippen molar-refractivity contribution in [2.45, 2.75) is 41.5 Å². The number of rotatable bonds is 14. The van der Waals surface area contributed by atoms with E-state index in [0.717, 1.165) is 33.4 Å². The highest BCUT2D eigenvalue weighted by molar-refractivity contribution is 7.79. The summed E-state index contributed by atoms with van der Waals surface area (Å²) < 4.78 is 75.7. The minimum Gasteiger partial charge on any atom is -0.413 e. The minimum absolute atomic E-state index is 0.390. The van der Waals surface area contributed by atoms with Gasteiger partial charge in [0.15, 0.2) is 0 Å². The van der Waals surface area contributed by atoms with Crippen molar-refractivity contribution in [3.05, 3.63) is 179 Å². The molecular formula is C44H48N4O8P4. The molecule has 6 aromatic rings. The molecule has 0 fully saturated rings. The molecule has 0 saturated heterocycles. The molecule has 12 nitrogen and oxygen atoms in total. The van der Waals surface area contributed by atoms with Gasteiger partial charge < -0.3 is 36.2 Å². The third-order valence-electron chi connectivity index (χ3n) is 8.85. The molecule has 0 aromatic heterocycles. The zero-order valence-corrected chi connectivity index (χ0v) is 38.3. The van der Waals surface area contributed by atoms with E-state index in [1.165, 1.54) is 14.2 Å². The molecule has 0 saturated carbocycles. The van der Waals surface area contributed by atoms with Gasteiger partial charge in [-0.1, -0.05) is 115 Å². The van der Waals surface area contributed by atoms with Crippen LogP contribution in [0.1, 0.15) is 33.4 Å². The Bertz CT molecular complexity index is 2400. The molecule has 1 aliphatic heterocycles. The van der Waals surface area contributed by atoms with E-state index in [1.807, 2.05) is 187 Å². The number of hydrogen-bond acceptors (Lipinski definition) is 12. The van der Waals surface area contributed by atoms with Crippen LogP contribution in [0.25, 0.3) is 0 Å². The van der Waals surface area contributed by atoms with Crippen LogP contribution in [-0.2, 0) is 9.05 Å². The molecule has 0 N–H and O–H groups in total. The molecule has 6 aromatic carbocycles. The Labute approximate surface area is 352 Å². The van der Waals surface area contributed by atoms with Crippen molar-refractivity contribution in [3.63, 3.8) is 0 Å². The fourth-order valence-corrected chi connectivity index (χ4v) is 17.5. The van der Waals surface area contributed by atoms with Gasteiger partial charge in [-0.3, -0.25) is 0 Å². The summed E-state index contributed by atoms with van der Waals surface area (Å²) in [5, 5.41) is 0. The number of benzene rings is 6. The highest BCUT2D eigenvalue weighted by Gasteiger charge is 2.47. The van der Waals surface area contributed by atoms with Crippen LogP contribution in [0.15, 0.2) is 164 Å². The van der Waals surface area contributed by atoms with Crippen molar-refractivity contribution in [2.24, 2.45) is 18.1 Å². The Kier molecular flexibility index (Phi) is 13.1. The highest BCUT2D eigenvalue weighted by Crippen LogP contribution is 2.79. The molecule has 60 heavy (non-hydrogen) atoms. The maximum atomic E-state index is 7.04. The molecule has 312 valence electrons. The smallest absolute Gasteiger partial charge is 0.413 e. The van der Waals surface area contributed by atoms with E-state index >= 15 is 0 Å². The lowest BCUT2D eigenvalue weighted by molar-refractivity contribution is 0.327. The fourth-order valence-electron chi connectivity index (χ4n) is 5.56. The molecule has 16 heteroatoms. The lowest BCUT2D eigenvalue weighted by Gasteiger charge is -2.32. The van der Waals surface area contributed by atoms with Gasteiger partial charge in [-0.25, -0.2) is 0 Å². The van der Waals surface area contributed by atoms with E-state index in [9.17, 15) is 0 Å². The minimum atomic E-state index is -4.27. The molecule has 0 radical (unpaired) electrons. The average molecular weight is 885 g/mol. The van der Waals surface area contributed by atoms with Crippen molar-refractivity contribution in [2.75, 3.05) is 14.2 Å². The van der Waals surface area contributed by atoms with E-state index in [-0.39, 0.29) is 0 Å². The monoisotopic (exact) mass is 884 g/mol. The summed E-state index contributed by atoms with van der Waals surface area (Å²) in [5.74, 6) is 2.38. The maximum absolute atomic E-state index is 7.04. The second kappa shape index (κ2) is 18.3. The SMILES string of the molecule is COP1(OC)=NP(Oc2ccc(C)cc2)(Oc2ccc(C)cc2)=NP(Oc2ccc(C)cc2)(Oc2ccc(C)cc2)=NP(Oc2ccc(C)cc2)(Oc2ccc(C)cc2)=N1. The van der Waals surface area contributed by atoms with E-state index < -0.39 is 30.6 Å². The quantitative estimate of drug-likeness (QED) is 0.0991. The molecule has 7 rings (SSSR count). The van der Waals surface area contributed by atoms with Crippen molar-refractivity contribution in [3.8, 4) is 34.5 Å². The second-order valence-electron chi connectivity index (χ2n) is 14.1. The largest absolute Gasteiger partial charge is 0.460 e. The number of hydrogen-bond donors (Lipinski definition) is 0. The van der Waals surface area contributed by atoms with Crippen molar-refractivity contribution in [1.29, 1.82) is 0 Å². The van der Waals surface area contributed by atoms with Crippen LogP contribution in [0.4, 0.5) is 0 Å². The zero-order chi connectivity index (χ0) is 42.4. The molecule has 0 bridgehead atoms. The van der Waals surface area contributed by atoms with Crippen molar-refractivity contribution < 1.29 is 36.2 Å². The van der Waals surface area contributed by atoms with Crippen molar-refractivity contribution in [1.82, 2.24) is 0 Å². The first-order valence-corrected chi connectivity index (χ1v) is 25.2. The van der Waals surface area contributed by atoms with Crippen LogP contribution in [-0.4, -0.2) is 14.2 Å². The Morgan fingerprint density at radius 3 is 0.567 bits per heavy atom. The molecule has 1 heterocycles. The number of aryl methyl sites for hydroxylation is 6. The van der Waals surface area contributed by atoms with Crippen LogP contribution >= 0.6 is 30.6 Å². The summed E-state index contributed by atoms with van der Waals surface area (Å²) in [7, 11) is -13.6. The normalized spacial score (nSPS) is 15.9. The first kappa shape index (κ1) is 43.1. The molecule has 0 aliphatic carbocycles. The Hall–Kier alpha value is -5.04. The summed E-state index contributed by atoms with van der Waals surface area (Å²) in [6.07, 6.45) is 0. The lowest BCUT2D eigenvalue weighted by Crippen LogP contribution is -2.09. The van der Waals surface area contributed by atoms with Crippen LogP contribution in [0, 0.1) is 41.5 Å². The Morgan fingerprint density at radius 1 is 0.250 bits per heavy atom. The molecule has 0 atom stereocenters. The standard InChI is InChI=1S/C44H48N4O8P4/c1-33-9-21-39(22-10-33)51-58(52-40-23-11-34(2)12-24-40)45-57(49-7,50-8)46-59(53-41-25-13-35(3)14-26-41,54-42-27-15-36(4)16-28-42)48-60(47-58,55-43-29-17-37(5)18-30-43)56-44-31-19-38(6)20-32-44/h9-32H,1-8H3. The molecule has 0 amide bonds. The predicted molar refractivity (Wildman–Crippen MR) is 242 cm³/mol. The van der Waals surface area contributed by atoms with E-state index in [1.54, 1.807) is 0 Å². The van der Waals surface area contributed by atoms with Gasteiger partial charge in [0.05, 0.1) is 0 Å². The van der Waals surface area contributed by atoms with Crippen LogP contribution in [0.5, 0.6) is 34.5 Å². The molecule has 0 unspecified atom stereocenters. The number of nitrogens with zero attached hydrogens (tertiary/aromatic N) is 4. The highest BCUT2D eigenvalue weighted by atomic mass is 31.3. The zero-order valence-electron chi connectivity index (χ0n) is 34.7. The van der Waals surface area contributed by atoms with Crippen LogP contribution in [0.3, 0.4) is 0 Å². The van der Waals surface area contributed by atoms with E-state index in [0.29, 0.717) is 34.5 Å². The van der Waals surface area contributed by atoms with Gasteiger partial charge in [0, 0.05) is 14.2 Å². The van der Waals surface area contributed by atoms with Crippen molar-refractivity contribution >= 4 is 30.6 Å². The third-order valence-corrected chi connectivity index (χ3v) is 19.7. The lowest BCUT2D eigenvalue weighted by atomic mass is 10.2. The van der Waals surface area contributed by atoms with Gasteiger partial charge >= 0.3 is 30.6 Å². The second-order valence-corrected chi connectivity index (χ2v) is 22.7. The maximum Gasteiger partial charge on any atom is 0.460 e. The van der Waals surface area contributed by atoms with Gasteiger partial charge in [-0.2, -0.15) is 0 Å². The summed E-state index contributed by atoms with van der Waals surface area (Å²) in [6.45, 7) is 11.9. The fraction of sp³-hybridized carbons (Fsp3) is 0.182.